The van der Waals surface area contributed by atoms with Gasteiger partial charge < -0.3 is 11.1 Å². The van der Waals surface area contributed by atoms with Gasteiger partial charge in [-0.3, -0.25) is 9.59 Å². The number of allylic oxidation sites excluding steroid dienone is 3. The smallest absolute Gasteiger partial charge is 0.224 e. The first kappa shape index (κ1) is 18.4. The summed E-state index contributed by atoms with van der Waals surface area (Å²) in [5, 5.41) is 2.92. The van der Waals surface area contributed by atoms with Gasteiger partial charge in [-0.2, -0.15) is 0 Å². The zero-order valence-electron chi connectivity index (χ0n) is 13.3. The van der Waals surface area contributed by atoms with Gasteiger partial charge in [0.2, 0.25) is 11.8 Å². The number of carbonyl (C=O) groups is 2. The van der Waals surface area contributed by atoms with Crippen LogP contribution in [0.4, 0.5) is 0 Å². The van der Waals surface area contributed by atoms with E-state index in [1.54, 1.807) is 0 Å². The van der Waals surface area contributed by atoms with Gasteiger partial charge >= 0.3 is 0 Å². The molecule has 0 heterocycles. The second kappa shape index (κ2) is 7.88. The fraction of sp³-hybridized carbons (Fsp3) is 0.625. The van der Waals surface area contributed by atoms with Crippen molar-refractivity contribution in [2.24, 2.45) is 17.6 Å². The van der Waals surface area contributed by atoms with Crippen LogP contribution in [-0.4, -0.2) is 17.4 Å². The maximum absolute atomic E-state index is 12.4. The second-order valence-electron chi connectivity index (χ2n) is 6.32. The van der Waals surface area contributed by atoms with Gasteiger partial charge in [0.05, 0.1) is 11.8 Å². The third-order valence-corrected chi connectivity index (χ3v) is 2.88. The number of hydrogen-bond donors (Lipinski definition) is 2. The van der Waals surface area contributed by atoms with Crippen molar-refractivity contribution >= 4 is 11.8 Å². The van der Waals surface area contributed by atoms with E-state index in [-0.39, 0.29) is 11.4 Å². The summed E-state index contributed by atoms with van der Waals surface area (Å²) in [7, 11) is 0. The molecule has 2 amide bonds. The number of primary amides is 1. The Hall–Kier alpha value is -1.58. The average Bonchev–Trinajstić information content (AvgIpc) is 2.24. The van der Waals surface area contributed by atoms with Gasteiger partial charge in [-0.15, -0.1) is 6.58 Å². The van der Waals surface area contributed by atoms with E-state index in [1.807, 2.05) is 46.8 Å². The molecule has 20 heavy (non-hydrogen) atoms. The molecule has 0 spiro atoms. The maximum Gasteiger partial charge on any atom is 0.224 e. The molecule has 0 bridgehead atoms. The van der Waals surface area contributed by atoms with Crippen molar-refractivity contribution in [3.63, 3.8) is 0 Å². The summed E-state index contributed by atoms with van der Waals surface area (Å²) in [4.78, 5) is 24.1. The van der Waals surface area contributed by atoms with Crippen LogP contribution < -0.4 is 11.1 Å². The first-order valence-electron chi connectivity index (χ1n) is 6.95. The second-order valence-corrected chi connectivity index (χ2v) is 6.32. The standard InChI is InChI=1S/C16H28N2O2/c1-7-8-9-12(14(17)19)13(10-11(2)3)15(20)18-16(4,5)6/h7-8,12-13H,2,9-10H2,1,3-6H3,(H2,17,19)(H,18,20)/b8-7+. The summed E-state index contributed by atoms with van der Waals surface area (Å²) in [5.41, 5.74) is 6.00. The summed E-state index contributed by atoms with van der Waals surface area (Å²) < 4.78 is 0. The Morgan fingerprint density at radius 2 is 1.85 bits per heavy atom. The summed E-state index contributed by atoms with van der Waals surface area (Å²) in [6.45, 7) is 13.3. The van der Waals surface area contributed by atoms with Crippen molar-refractivity contribution in [3.8, 4) is 0 Å². The van der Waals surface area contributed by atoms with Crippen molar-refractivity contribution in [3.05, 3.63) is 24.3 Å². The number of hydrogen-bond acceptors (Lipinski definition) is 2. The molecule has 114 valence electrons. The minimum absolute atomic E-state index is 0.145. The number of carbonyl (C=O) groups excluding carboxylic acids is 2. The van der Waals surface area contributed by atoms with Crippen LogP contribution in [0.25, 0.3) is 0 Å². The van der Waals surface area contributed by atoms with Crippen LogP contribution >= 0.6 is 0 Å². The highest BCUT2D eigenvalue weighted by atomic mass is 16.2. The lowest BCUT2D eigenvalue weighted by molar-refractivity contribution is -0.134. The lowest BCUT2D eigenvalue weighted by Gasteiger charge is -2.28. The Bertz CT molecular complexity index is 392. The topological polar surface area (TPSA) is 72.2 Å². The van der Waals surface area contributed by atoms with Crippen LogP contribution in [-0.2, 0) is 9.59 Å². The number of nitrogens with one attached hydrogen (secondary N) is 1. The quantitative estimate of drug-likeness (QED) is 0.703. The number of amides is 2. The molecule has 4 heteroatoms. The fourth-order valence-corrected chi connectivity index (χ4v) is 2.02. The molecular weight excluding hydrogens is 252 g/mol. The molecule has 3 N–H and O–H groups in total. The fourth-order valence-electron chi connectivity index (χ4n) is 2.02. The van der Waals surface area contributed by atoms with Crippen LogP contribution in [0.3, 0.4) is 0 Å². The SMILES string of the molecule is C=C(C)CC(C(=O)NC(C)(C)C)C(C/C=C/C)C(N)=O. The molecule has 0 aliphatic carbocycles. The van der Waals surface area contributed by atoms with Crippen LogP contribution in [0.1, 0.15) is 47.5 Å². The first-order valence-corrected chi connectivity index (χ1v) is 6.95. The minimum Gasteiger partial charge on any atom is -0.369 e. The predicted molar refractivity (Wildman–Crippen MR) is 82.9 cm³/mol. The molecule has 0 saturated heterocycles. The molecule has 2 unspecified atom stereocenters. The predicted octanol–water partition coefficient (Wildman–Crippen LogP) is 2.55. The Morgan fingerprint density at radius 1 is 1.30 bits per heavy atom. The van der Waals surface area contributed by atoms with Crippen LogP contribution in [0.5, 0.6) is 0 Å². The Kier molecular flexibility index (Phi) is 7.25. The van der Waals surface area contributed by atoms with E-state index in [0.717, 1.165) is 5.57 Å². The summed E-state index contributed by atoms with van der Waals surface area (Å²) in [6.07, 6.45) is 4.66. The molecule has 0 aromatic rings. The van der Waals surface area contributed by atoms with E-state index in [1.165, 1.54) is 0 Å². The summed E-state index contributed by atoms with van der Waals surface area (Å²) in [6, 6.07) is 0. The first-order chi connectivity index (χ1) is 9.08. The monoisotopic (exact) mass is 280 g/mol. The lowest BCUT2D eigenvalue weighted by Crippen LogP contribution is -2.47. The highest BCUT2D eigenvalue weighted by molar-refractivity contribution is 5.87. The molecule has 0 saturated carbocycles. The molecule has 0 aliphatic heterocycles. The molecule has 2 atom stereocenters. The van der Waals surface area contributed by atoms with Gasteiger partial charge in [0, 0.05) is 5.54 Å². The van der Waals surface area contributed by atoms with Crippen LogP contribution in [0.2, 0.25) is 0 Å². The van der Waals surface area contributed by atoms with Crippen molar-refractivity contribution in [1.82, 2.24) is 5.32 Å². The van der Waals surface area contributed by atoms with Gasteiger partial charge in [0.25, 0.3) is 0 Å². The average molecular weight is 280 g/mol. The molecule has 0 fully saturated rings. The van der Waals surface area contributed by atoms with Crippen molar-refractivity contribution < 1.29 is 9.59 Å². The van der Waals surface area contributed by atoms with E-state index in [9.17, 15) is 9.59 Å². The molecule has 4 nitrogen and oxygen atoms in total. The Morgan fingerprint density at radius 3 is 2.20 bits per heavy atom. The van der Waals surface area contributed by atoms with Crippen molar-refractivity contribution in [2.45, 2.75) is 53.0 Å². The van der Waals surface area contributed by atoms with E-state index >= 15 is 0 Å². The van der Waals surface area contributed by atoms with E-state index in [0.29, 0.717) is 12.8 Å². The molecule has 0 aliphatic rings. The van der Waals surface area contributed by atoms with E-state index in [2.05, 4.69) is 11.9 Å². The van der Waals surface area contributed by atoms with Gasteiger partial charge in [-0.25, -0.2) is 0 Å². The number of rotatable bonds is 7. The highest BCUT2D eigenvalue weighted by Gasteiger charge is 2.33. The highest BCUT2D eigenvalue weighted by Crippen LogP contribution is 2.24. The number of nitrogens with two attached hydrogens (primary N) is 1. The zero-order valence-corrected chi connectivity index (χ0v) is 13.3. The largest absolute Gasteiger partial charge is 0.369 e. The summed E-state index contributed by atoms with van der Waals surface area (Å²) in [5.74, 6) is -1.57. The Balaban J connectivity index is 5.22. The van der Waals surface area contributed by atoms with Gasteiger partial charge in [0.15, 0.2) is 0 Å². The molecule has 0 aromatic heterocycles. The van der Waals surface area contributed by atoms with Gasteiger partial charge in [-0.1, -0.05) is 17.7 Å². The Labute approximate surface area is 122 Å². The maximum atomic E-state index is 12.4. The van der Waals surface area contributed by atoms with Crippen LogP contribution in [0, 0.1) is 11.8 Å². The third kappa shape index (κ3) is 7.12. The van der Waals surface area contributed by atoms with Gasteiger partial charge in [0.1, 0.15) is 0 Å². The summed E-state index contributed by atoms with van der Waals surface area (Å²) >= 11 is 0. The molecular formula is C16H28N2O2. The molecule has 0 aromatic carbocycles. The minimum atomic E-state index is -0.509. The third-order valence-electron chi connectivity index (χ3n) is 2.88. The van der Waals surface area contributed by atoms with Crippen LogP contribution in [0.15, 0.2) is 24.3 Å². The normalized spacial score (nSPS) is 14.8. The van der Waals surface area contributed by atoms with Gasteiger partial charge in [-0.05, 0) is 47.5 Å². The van der Waals surface area contributed by atoms with Crippen molar-refractivity contribution in [2.75, 3.05) is 0 Å². The molecule has 0 rings (SSSR count). The molecule has 0 radical (unpaired) electrons. The van der Waals surface area contributed by atoms with Crippen molar-refractivity contribution in [1.29, 1.82) is 0 Å². The van der Waals surface area contributed by atoms with E-state index in [4.69, 9.17) is 5.73 Å². The lowest BCUT2D eigenvalue weighted by atomic mass is 9.83. The zero-order chi connectivity index (χ0) is 15.9. The van der Waals surface area contributed by atoms with E-state index < -0.39 is 17.7 Å².